The number of hydrogen-bond acceptors (Lipinski definition) is 5. The van der Waals surface area contributed by atoms with Crippen LogP contribution in [0.1, 0.15) is 34.8 Å². The molecule has 0 aromatic heterocycles. The van der Waals surface area contributed by atoms with Gasteiger partial charge in [0.15, 0.2) is 5.78 Å². The third kappa shape index (κ3) is 5.28. The predicted octanol–water partition coefficient (Wildman–Crippen LogP) is 3.20. The van der Waals surface area contributed by atoms with Crippen LogP contribution >= 0.6 is 11.6 Å². The van der Waals surface area contributed by atoms with Gasteiger partial charge in [-0.05, 0) is 50.7 Å². The van der Waals surface area contributed by atoms with Crippen molar-refractivity contribution in [3.05, 3.63) is 64.7 Å². The first kappa shape index (κ1) is 22.9. The van der Waals surface area contributed by atoms with E-state index in [1.807, 2.05) is 43.3 Å². The van der Waals surface area contributed by atoms with E-state index in [9.17, 15) is 13.2 Å². The van der Waals surface area contributed by atoms with E-state index in [0.29, 0.717) is 30.2 Å². The molecule has 1 unspecified atom stereocenters. The van der Waals surface area contributed by atoms with Crippen molar-refractivity contribution in [2.24, 2.45) is 0 Å². The normalized spacial score (nSPS) is 16.1. The number of sulfonamides is 1. The standard InChI is InChI=1S/C22H28ClN3O3S/c1-25(2)21(19-10-3-4-11-20(19)23)15-24-16-22(27)17-8-7-9-18(14-17)30(28,29)26-12-5-6-13-26/h3-4,7-11,14,21,24H,5-6,12-13,15-16H2,1-2H3. The van der Waals surface area contributed by atoms with Crippen molar-refractivity contribution in [1.29, 1.82) is 0 Å². The van der Waals surface area contributed by atoms with Crippen LogP contribution in [0.2, 0.25) is 5.02 Å². The number of benzene rings is 2. The molecule has 1 saturated heterocycles. The molecular formula is C22H28ClN3O3S. The molecule has 0 bridgehead atoms. The Morgan fingerprint density at radius 2 is 1.83 bits per heavy atom. The summed E-state index contributed by atoms with van der Waals surface area (Å²) in [7, 11) is 0.384. The van der Waals surface area contributed by atoms with Crippen molar-refractivity contribution < 1.29 is 13.2 Å². The minimum atomic E-state index is -3.54. The van der Waals surface area contributed by atoms with E-state index in [2.05, 4.69) is 5.32 Å². The van der Waals surface area contributed by atoms with Gasteiger partial charge in [0.25, 0.3) is 0 Å². The molecule has 0 amide bonds. The van der Waals surface area contributed by atoms with Crippen LogP contribution in [-0.4, -0.2) is 63.7 Å². The minimum Gasteiger partial charge on any atom is -0.308 e. The third-order valence-electron chi connectivity index (χ3n) is 5.37. The third-order valence-corrected chi connectivity index (χ3v) is 7.61. The Morgan fingerprint density at radius 1 is 1.13 bits per heavy atom. The number of nitrogens with one attached hydrogen (secondary N) is 1. The SMILES string of the molecule is CN(C)C(CNCC(=O)c1cccc(S(=O)(=O)N2CCCC2)c1)c1ccccc1Cl. The molecule has 8 heteroatoms. The number of likely N-dealkylation sites (N-methyl/N-ethyl adjacent to an activating group) is 1. The monoisotopic (exact) mass is 449 g/mol. The van der Waals surface area contributed by atoms with Gasteiger partial charge in [-0.15, -0.1) is 0 Å². The smallest absolute Gasteiger partial charge is 0.243 e. The number of hydrogen-bond donors (Lipinski definition) is 1. The fourth-order valence-corrected chi connectivity index (χ4v) is 5.47. The Balaban J connectivity index is 1.66. The molecule has 30 heavy (non-hydrogen) atoms. The van der Waals surface area contributed by atoms with Crippen LogP contribution in [0.5, 0.6) is 0 Å². The van der Waals surface area contributed by atoms with Gasteiger partial charge in [0.05, 0.1) is 11.4 Å². The van der Waals surface area contributed by atoms with E-state index in [-0.39, 0.29) is 23.3 Å². The number of ketones is 1. The van der Waals surface area contributed by atoms with Crippen LogP contribution in [0.25, 0.3) is 0 Å². The van der Waals surface area contributed by atoms with E-state index < -0.39 is 10.0 Å². The summed E-state index contributed by atoms with van der Waals surface area (Å²) < 4.78 is 27.0. The number of Topliss-reactive ketones (excluding diaryl/α,β-unsaturated/α-hetero) is 1. The molecule has 1 atom stereocenters. The first-order valence-corrected chi connectivity index (χ1v) is 11.9. The van der Waals surface area contributed by atoms with E-state index in [1.54, 1.807) is 18.2 Å². The van der Waals surface area contributed by atoms with Crippen LogP contribution < -0.4 is 5.32 Å². The van der Waals surface area contributed by atoms with Crippen molar-refractivity contribution in [1.82, 2.24) is 14.5 Å². The average molecular weight is 450 g/mol. The second-order valence-corrected chi connectivity index (χ2v) is 10.0. The molecule has 0 spiro atoms. The number of carbonyl (C=O) groups is 1. The highest BCUT2D eigenvalue weighted by Gasteiger charge is 2.27. The van der Waals surface area contributed by atoms with Gasteiger partial charge in [0.2, 0.25) is 10.0 Å². The first-order valence-electron chi connectivity index (χ1n) is 10.1. The van der Waals surface area contributed by atoms with Crippen LogP contribution in [-0.2, 0) is 10.0 Å². The lowest BCUT2D eigenvalue weighted by Gasteiger charge is -2.26. The zero-order valence-electron chi connectivity index (χ0n) is 17.3. The van der Waals surface area contributed by atoms with E-state index in [0.717, 1.165) is 18.4 Å². The summed E-state index contributed by atoms with van der Waals surface area (Å²) in [6.07, 6.45) is 1.75. The van der Waals surface area contributed by atoms with Crippen LogP contribution in [0.3, 0.4) is 0 Å². The van der Waals surface area contributed by atoms with Crippen molar-refractivity contribution in [3.63, 3.8) is 0 Å². The van der Waals surface area contributed by atoms with Crippen molar-refractivity contribution in [2.75, 3.05) is 40.3 Å². The highest BCUT2D eigenvalue weighted by atomic mass is 35.5. The minimum absolute atomic E-state index is 0.00776. The molecule has 1 heterocycles. The molecule has 1 N–H and O–H groups in total. The molecule has 1 aliphatic rings. The molecule has 0 radical (unpaired) electrons. The first-order chi connectivity index (χ1) is 14.3. The maximum absolute atomic E-state index is 12.8. The zero-order valence-corrected chi connectivity index (χ0v) is 18.9. The van der Waals surface area contributed by atoms with Gasteiger partial charge in [-0.25, -0.2) is 8.42 Å². The Labute approximate surface area is 183 Å². The Hall–Kier alpha value is -1.77. The summed E-state index contributed by atoms with van der Waals surface area (Å²) in [6.45, 7) is 1.72. The molecule has 1 fully saturated rings. The number of carbonyl (C=O) groups excluding carboxylic acids is 1. The van der Waals surface area contributed by atoms with Gasteiger partial charge in [-0.2, -0.15) is 4.31 Å². The van der Waals surface area contributed by atoms with Gasteiger partial charge in [-0.3, -0.25) is 4.79 Å². The highest BCUT2D eigenvalue weighted by Crippen LogP contribution is 2.25. The molecule has 0 aliphatic carbocycles. The van der Waals surface area contributed by atoms with Crippen molar-refractivity contribution in [2.45, 2.75) is 23.8 Å². The Morgan fingerprint density at radius 3 is 2.50 bits per heavy atom. The summed E-state index contributed by atoms with van der Waals surface area (Å²) in [6, 6.07) is 14.0. The predicted molar refractivity (Wildman–Crippen MR) is 120 cm³/mol. The maximum atomic E-state index is 12.8. The molecule has 162 valence electrons. The van der Waals surface area contributed by atoms with Gasteiger partial charge in [0, 0.05) is 36.3 Å². The fraction of sp³-hybridized carbons (Fsp3) is 0.409. The van der Waals surface area contributed by atoms with Crippen LogP contribution in [0, 0.1) is 0 Å². The fourth-order valence-electron chi connectivity index (χ4n) is 3.65. The quantitative estimate of drug-likeness (QED) is 0.595. The maximum Gasteiger partial charge on any atom is 0.243 e. The summed E-state index contributed by atoms with van der Waals surface area (Å²) >= 11 is 6.33. The summed E-state index contributed by atoms with van der Waals surface area (Å²) in [5.74, 6) is -0.148. The summed E-state index contributed by atoms with van der Waals surface area (Å²) in [4.78, 5) is 14.9. The zero-order chi connectivity index (χ0) is 21.7. The van der Waals surface area contributed by atoms with Gasteiger partial charge in [-0.1, -0.05) is 41.9 Å². The van der Waals surface area contributed by atoms with E-state index in [1.165, 1.54) is 10.4 Å². The van der Waals surface area contributed by atoms with Crippen LogP contribution in [0.15, 0.2) is 53.4 Å². The van der Waals surface area contributed by atoms with Crippen molar-refractivity contribution >= 4 is 27.4 Å². The summed E-state index contributed by atoms with van der Waals surface area (Å²) in [5, 5.41) is 3.88. The lowest BCUT2D eigenvalue weighted by Crippen LogP contribution is -2.34. The lowest BCUT2D eigenvalue weighted by molar-refractivity contribution is 0.0988. The average Bonchev–Trinajstić information content (AvgIpc) is 3.27. The molecule has 3 rings (SSSR count). The molecule has 1 aliphatic heterocycles. The highest BCUT2D eigenvalue weighted by molar-refractivity contribution is 7.89. The van der Waals surface area contributed by atoms with Crippen molar-refractivity contribution in [3.8, 4) is 0 Å². The largest absolute Gasteiger partial charge is 0.308 e. The molecule has 6 nitrogen and oxygen atoms in total. The summed E-state index contributed by atoms with van der Waals surface area (Å²) in [5.41, 5.74) is 1.38. The van der Waals surface area contributed by atoms with Gasteiger partial charge in [0.1, 0.15) is 0 Å². The second-order valence-electron chi connectivity index (χ2n) is 7.69. The molecule has 0 saturated carbocycles. The van der Waals surface area contributed by atoms with Crippen LogP contribution in [0.4, 0.5) is 0 Å². The Bertz CT molecular complexity index is 989. The number of rotatable bonds is 9. The topological polar surface area (TPSA) is 69.7 Å². The molecule has 2 aromatic rings. The van der Waals surface area contributed by atoms with E-state index >= 15 is 0 Å². The molecular weight excluding hydrogens is 422 g/mol. The number of halogens is 1. The number of nitrogens with zero attached hydrogens (tertiary/aromatic N) is 2. The lowest BCUT2D eigenvalue weighted by atomic mass is 10.1. The Kier molecular flexibility index (Phi) is 7.65. The van der Waals surface area contributed by atoms with Gasteiger partial charge < -0.3 is 10.2 Å². The molecule has 2 aromatic carbocycles. The second kappa shape index (κ2) is 10.0. The van der Waals surface area contributed by atoms with E-state index in [4.69, 9.17) is 11.6 Å². The van der Waals surface area contributed by atoms with Gasteiger partial charge >= 0.3 is 0 Å².